The molecule has 0 spiro atoms. The van der Waals surface area contributed by atoms with Gasteiger partial charge in [-0.15, -0.1) is 0 Å². The highest BCUT2D eigenvalue weighted by atomic mass is 35.5. The Kier molecular flexibility index (Phi) is 7.25. The average molecular weight is 454 g/mol. The van der Waals surface area contributed by atoms with Gasteiger partial charge < -0.3 is 9.73 Å². The number of hydrogen-bond acceptors (Lipinski definition) is 5. The predicted octanol–water partition coefficient (Wildman–Crippen LogP) is 3.44. The summed E-state index contributed by atoms with van der Waals surface area (Å²) in [5, 5.41) is 4.62. The maximum absolute atomic E-state index is 12.4. The second-order valence-corrected chi connectivity index (χ2v) is 8.60. The average Bonchev–Trinajstić information content (AvgIpc) is 2.79. The van der Waals surface area contributed by atoms with Gasteiger partial charge in [0.2, 0.25) is 5.91 Å². The lowest BCUT2D eigenvalue weighted by molar-refractivity contribution is -0.122. The second-order valence-electron chi connectivity index (χ2n) is 8.20. The van der Waals surface area contributed by atoms with Crippen LogP contribution >= 0.6 is 11.6 Å². The van der Waals surface area contributed by atoms with Crippen LogP contribution in [-0.2, 0) is 24.3 Å². The summed E-state index contributed by atoms with van der Waals surface area (Å²) in [5.74, 6) is -0.00266. The third kappa shape index (κ3) is 5.57. The molecule has 1 aromatic heterocycles. The predicted molar refractivity (Wildman–Crippen MR) is 127 cm³/mol. The number of carbonyl (C=O) groups is 1. The van der Waals surface area contributed by atoms with Gasteiger partial charge in [0.1, 0.15) is 5.58 Å². The molecule has 1 amide bonds. The van der Waals surface area contributed by atoms with Crippen LogP contribution in [-0.4, -0.2) is 48.4 Å². The highest BCUT2D eigenvalue weighted by Gasteiger charge is 2.20. The van der Waals surface area contributed by atoms with E-state index in [0.29, 0.717) is 30.2 Å². The summed E-state index contributed by atoms with van der Waals surface area (Å²) in [7, 11) is 0. The molecule has 0 saturated carbocycles. The van der Waals surface area contributed by atoms with E-state index in [9.17, 15) is 9.59 Å². The first-order chi connectivity index (χ1) is 15.5. The topological polar surface area (TPSA) is 65.8 Å². The molecular formula is C25H28ClN3O3. The molecule has 0 unspecified atom stereocenters. The SMILES string of the molecule is CCc1ccc2oc(=O)cc(CN3CCN(CC(=O)NCc4ccccc4Cl)CC3)c2c1. The summed E-state index contributed by atoms with van der Waals surface area (Å²) in [6, 6.07) is 15.1. The van der Waals surface area contributed by atoms with Crippen molar-refractivity contribution in [3.05, 3.63) is 80.7 Å². The van der Waals surface area contributed by atoms with Gasteiger partial charge in [-0.25, -0.2) is 4.79 Å². The molecule has 1 N–H and O–H groups in total. The van der Waals surface area contributed by atoms with Gasteiger partial charge in [0, 0.05) is 55.7 Å². The standard InChI is InChI=1S/C25H28ClN3O3/c1-2-18-7-8-23-21(13-18)20(14-25(31)32-23)16-28-9-11-29(12-10-28)17-24(30)27-15-19-5-3-4-6-22(19)26/h3-8,13-14H,2,9-12,15-17H2,1H3,(H,27,30). The third-order valence-corrected chi connectivity index (χ3v) is 6.33. The number of aryl methyl sites for hydroxylation is 1. The van der Waals surface area contributed by atoms with Gasteiger partial charge in [0.25, 0.3) is 0 Å². The number of carbonyl (C=O) groups excluding carboxylic acids is 1. The number of amides is 1. The van der Waals surface area contributed by atoms with E-state index in [-0.39, 0.29) is 11.5 Å². The maximum Gasteiger partial charge on any atom is 0.336 e. The molecule has 0 atom stereocenters. The minimum absolute atomic E-state index is 0.00266. The zero-order valence-corrected chi connectivity index (χ0v) is 19.0. The molecule has 2 heterocycles. The Morgan fingerprint density at radius 3 is 2.53 bits per heavy atom. The number of benzene rings is 2. The van der Waals surface area contributed by atoms with Crippen molar-refractivity contribution in [1.29, 1.82) is 0 Å². The van der Waals surface area contributed by atoms with Crippen molar-refractivity contribution in [2.45, 2.75) is 26.4 Å². The van der Waals surface area contributed by atoms with Crippen molar-refractivity contribution in [2.24, 2.45) is 0 Å². The molecule has 1 aliphatic rings. The van der Waals surface area contributed by atoms with Crippen LogP contribution in [0.2, 0.25) is 5.02 Å². The van der Waals surface area contributed by atoms with E-state index in [1.807, 2.05) is 36.4 Å². The first-order valence-electron chi connectivity index (χ1n) is 11.0. The minimum Gasteiger partial charge on any atom is -0.423 e. The number of nitrogens with one attached hydrogen (secondary N) is 1. The van der Waals surface area contributed by atoms with Crippen LogP contribution < -0.4 is 10.9 Å². The van der Waals surface area contributed by atoms with Gasteiger partial charge in [-0.3, -0.25) is 14.6 Å². The van der Waals surface area contributed by atoms with Crippen LogP contribution in [0.15, 0.2) is 57.7 Å². The number of fused-ring (bicyclic) bond motifs is 1. The lowest BCUT2D eigenvalue weighted by Gasteiger charge is -2.34. The van der Waals surface area contributed by atoms with Crippen molar-refractivity contribution in [2.75, 3.05) is 32.7 Å². The molecule has 7 heteroatoms. The Hall–Kier alpha value is -2.67. The number of rotatable bonds is 7. The van der Waals surface area contributed by atoms with E-state index >= 15 is 0 Å². The highest BCUT2D eigenvalue weighted by Crippen LogP contribution is 2.21. The van der Waals surface area contributed by atoms with Gasteiger partial charge in [0.05, 0.1) is 6.54 Å². The summed E-state index contributed by atoms with van der Waals surface area (Å²) in [5.41, 5.74) is 3.46. The minimum atomic E-state index is -0.314. The van der Waals surface area contributed by atoms with E-state index in [1.165, 1.54) is 5.56 Å². The van der Waals surface area contributed by atoms with Crippen molar-refractivity contribution < 1.29 is 9.21 Å². The molecule has 4 rings (SSSR count). The molecule has 168 valence electrons. The quantitative estimate of drug-likeness (QED) is 0.555. The third-order valence-electron chi connectivity index (χ3n) is 5.96. The van der Waals surface area contributed by atoms with Gasteiger partial charge in [-0.2, -0.15) is 0 Å². The van der Waals surface area contributed by atoms with Crippen LogP contribution in [0.3, 0.4) is 0 Å². The van der Waals surface area contributed by atoms with Gasteiger partial charge in [-0.1, -0.05) is 42.8 Å². The summed E-state index contributed by atoms with van der Waals surface area (Å²) in [6.07, 6.45) is 0.936. The molecular weight excluding hydrogens is 426 g/mol. The van der Waals surface area contributed by atoms with E-state index in [1.54, 1.807) is 6.07 Å². The van der Waals surface area contributed by atoms with Gasteiger partial charge in [0.15, 0.2) is 0 Å². The largest absolute Gasteiger partial charge is 0.423 e. The fraction of sp³-hybridized carbons (Fsp3) is 0.360. The molecule has 1 aliphatic heterocycles. The Balaban J connectivity index is 1.31. The van der Waals surface area contributed by atoms with Crippen molar-refractivity contribution in [1.82, 2.24) is 15.1 Å². The molecule has 1 saturated heterocycles. The van der Waals surface area contributed by atoms with E-state index in [0.717, 1.165) is 49.1 Å². The van der Waals surface area contributed by atoms with Crippen LogP contribution in [0.1, 0.15) is 23.6 Å². The van der Waals surface area contributed by atoms with E-state index < -0.39 is 0 Å². The van der Waals surface area contributed by atoms with Crippen LogP contribution in [0.4, 0.5) is 0 Å². The fourth-order valence-corrected chi connectivity index (χ4v) is 4.27. The van der Waals surface area contributed by atoms with E-state index in [4.69, 9.17) is 16.0 Å². The monoisotopic (exact) mass is 453 g/mol. The van der Waals surface area contributed by atoms with Crippen LogP contribution in [0.25, 0.3) is 11.0 Å². The van der Waals surface area contributed by atoms with Crippen molar-refractivity contribution >= 4 is 28.5 Å². The highest BCUT2D eigenvalue weighted by molar-refractivity contribution is 6.31. The molecule has 3 aromatic rings. The Labute approximate surface area is 192 Å². The summed E-state index contributed by atoms with van der Waals surface area (Å²) >= 11 is 6.15. The summed E-state index contributed by atoms with van der Waals surface area (Å²) < 4.78 is 5.38. The number of hydrogen-bond donors (Lipinski definition) is 1. The maximum atomic E-state index is 12.4. The Morgan fingerprint density at radius 2 is 1.78 bits per heavy atom. The normalized spacial score (nSPS) is 15.2. The lowest BCUT2D eigenvalue weighted by Crippen LogP contribution is -2.49. The van der Waals surface area contributed by atoms with Crippen molar-refractivity contribution in [3.63, 3.8) is 0 Å². The molecule has 0 aliphatic carbocycles. The number of halogens is 1. The smallest absolute Gasteiger partial charge is 0.336 e. The van der Waals surface area contributed by atoms with Gasteiger partial charge >= 0.3 is 5.63 Å². The first-order valence-corrected chi connectivity index (χ1v) is 11.4. The Bertz CT molecular complexity index is 1150. The van der Waals surface area contributed by atoms with Crippen molar-refractivity contribution in [3.8, 4) is 0 Å². The molecule has 6 nitrogen and oxygen atoms in total. The first kappa shape index (κ1) is 22.5. The van der Waals surface area contributed by atoms with E-state index in [2.05, 4.69) is 28.1 Å². The van der Waals surface area contributed by atoms with Crippen LogP contribution in [0, 0.1) is 0 Å². The summed E-state index contributed by atoms with van der Waals surface area (Å²) in [4.78, 5) is 28.9. The van der Waals surface area contributed by atoms with Crippen LogP contribution in [0.5, 0.6) is 0 Å². The zero-order valence-electron chi connectivity index (χ0n) is 18.3. The fourth-order valence-electron chi connectivity index (χ4n) is 4.07. The number of piperazine rings is 1. The number of nitrogens with zero attached hydrogens (tertiary/aromatic N) is 2. The molecule has 0 bridgehead atoms. The molecule has 32 heavy (non-hydrogen) atoms. The zero-order chi connectivity index (χ0) is 22.5. The Morgan fingerprint density at radius 1 is 1.03 bits per heavy atom. The molecule has 1 fully saturated rings. The molecule has 0 radical (unpaired) electrons. The summed E-state index contributed by atoms with van der Waals surface area (Å²) in [6.45, 7) is 6.90. The molecule has 2 aromatic carbocycles. The van der Waals surface area contributed by atoms with Gasteiger partial charge in [-0.05, 0) is 41.3 Å². The lowest BCUT2D eigenvalue weighted by atomic mass is 10.0. The second kappa shape index (κ2) is 10.3.